The van der Waals surface area contributed by atoms with Crippen molar-refractivity contribution in [2.75, 3.05) is 19.6 Å². The van der Waals surface area contributed by atoms with Crippen LogP contribution >= 0.6 is 0 Å². The molecule has 0 aliphatic carbocycles. The first-order valence-corrected chi connectivity index (χ1v) is 15.1. The van der Waals surface area contributed by atoms with Gasteiger partial charge in [-0.05, 0) is 45.3 Å². The molecule has 0 saturated carbocycles. The number of carbonyl (C=O) groups excluding carboxylic acids is 1. The molecule has 0 amide bonds. The van der Waals surface area contributed by atoms with Gasteiger partial charge in [-0.1, -0.05) is 142 Å². The Morgan fingerprint density at radius 1 is 0.471 bits per heavy atom. The molecule has 0 bridgehead atoms. The summed E-state index contributed by atoms with van der Waals surface area (Å²) in [6, 6.07) is 0. The Morgan fingerprint density at radius 3 is 1.03 bits per heavy atom. The molecule has 0 radical (unpaired) electrons. The summed E-state index contributed by atoms with van der Waals surface area (Å²) in [6.07, 6.45) is 31.3. The number of carbonyl (C=O) groups is 1. The van der Waals surface area contributed by atoms with Crippen LogP contribution in [0.4, 0.5) is 0 Å². The molecule has 0 N–H and O–H groups in total. The second-order valence-electron chi connectivity index (χ2n) is 10.4. The number of aliphatic carboxylic acids is 1. The van der Waals surface area contributed by atoms with Gasteiger partial charge in [0.15, 0.2) is 0 Å². The summed E-state index contributed by atoms with van der Waals surface area (Å²) in [6.45, 7) is 7.76. The minimum Gasteiger partial charge on any atom is -0.550 e. The maximum Gasteiger partial charge on any atom is 1.00 e. The summed E-state index contributed by atoms with van der Waals surface area (Å²) in [7, 11) is 0. The molecule has 0 aliphatic rings. The fourth-order valence-corrected chi connectivity index (χ4v) is 4.78. The molecule has 0 unspecified atom stereocenters. The van der Waals surface area contributed by atoms with E-state index in [2.05, 4.69) is 18.7 Å². The van der Waals surface area contributed by atoms with Crippen molar-refractivity contribution in [3.8, 4) is 0 Å². The van der Waals surface area contributed by atoms with Crippen molar-refractivity contribution in [1.29, 1.82) is 0 Å². The van der Waals surface area contributed by atoms with Crippen molar-refractivity contribution in [1.82, 2.24) is 4.90 Å². The standard InChI is InChI=1S/C30H61NO2.Na/c1-3-5-7-9-11-13-15-17-19-21-23-27-31(29-25-26-30(32)33)28-24-22-20-18-16-14-12-10-8-6-4-2;/h3-29H2,1-2H3,(H,32,33);/q;+1/p-1. The second-order valence-corrected chi connectivity index (χ2v) is 10.4. The van der Waals surface area contributed by atoms with E-state index in [1.165, 1.54) is 141 Å². The third kappa shape index (κ3) is 30.5. The smallest absolute Gasteiger partial charge is 0.550 e. The fraction of sp³-hybridized carbons (Fsp3) is 0.967. The van der Waals surface area contributed by atoms with Crippen molar-refractivity contribution in [2.45, 2.75) is 168 Å². The van der Waals surface area contributed by atoms with Crippen molar-refractivity contribution >= 4 is 5.97 Å². The van der Waals surface area contributed by atoms with Crippen molar-refractivity contribution in [2.24, 2.45) is 0 Å². The Kier molecular flexibility index (Phi) is 33.9. The van der Waals surface area contributed by atoms with Crippen LogP contribution in [-0.4, -0.2) is 30.5 Å². The van der Waals surface area contributed by atoms with Crippen LogP contribution in [0.3, 0.4) is 0 Å². The Bertz CT molecular complexity index is 366. The van der Waals surface area contributed by atoms with Crippen LogP contribution in [-0.2, 0) is 4.79 Å². The zero-order chi connectivity index (χ0) is 24.2. The van der Waals surface area contributed by atoms with E-state index in [4.69, 9.17) is 0 Å². The Hall–Kier alpha value is 0.430. The molecule has 0 heterocycles. The molecular weight excluding hydrogens is 429 g/mol. The number of carboxylic acid groups (broad SMARTS) is 1. The number of nitrogens with zero attached hydrogens (tertiary/aromatic N) is 1. The third-order valence-electron chi connectivity index (χ3n) is 7.01. The average molecular weight is 490 g/mol. The first kappa shape index (κ1) is 36.6. The zero-order valence-electron chi connectivity index (χ0n) is 23.9. The number of carboxylic acids is 1. The summed E-state index contributed by atoms with van der Waals surface area (Å²) >= 11 is 0. The normalized spacial score (nSPS) is 11.1. The van der Waals surface area contributed by atoms with Crippen LogP contribution in [0, 0.1) is 0 Å². The van der Waals surface area contributed by atoms with Crippen molar-refractivity contribution in [3.63, 3.8) is 0 Å². The molecule has 0 aromatic heterocycles. The van der Waals surface area contributed by atoms with Gasteiger partial charge in [-0.3, -0.25) is 0 Å². The van der Waals surface area contributed by atoms with Crippen LogP contribution in [0.1, 0.15) is 168 Å². The first-order valence-electron chi connectivity index (χ1n) is 15.1. The molecule has 0 saturated heterocycles. The third-order valence-corrected chi connectivity index (χ3v) is 7.01. The average Bonchev–Trinajstić information content (AvgIpc) is 2.80. The maximum absolute atomic E-state index is 10.8. The monoisotopic (exact) mass is 489 g/mol. The predicted molar refractivity (Wildman–Crippen MR) is 144 cm³/mol. The molecule has 198 valence electrons. The van der Waals surface area contributed by atoms with E-state index in [1.54, 1.807) is 0 Å². The maximum atomic E-state index is 10.8. The van der Waals surface area contributed by atoms with Gasteiger partial charge in [-0.25, -0.2) is 0 Å². The van der Waals surface area contributed by atoms with Gasteiger partial charge < -0.3 is 14.8 Å². The van der Waals surface area contributed by atoms with E-state index in [-0.39, 0.29) is 36.0 Å². The van der Waals surface area contributed by atoms with Gasteiger partial charge in [0, 0.05) is 5.97 Å². The number of rotatable bonds is 28. The van der Waals surface area contributed by atoms with Gasteiger partial charge in [-0.15, -0.1) is 0 Å². The molecule has 0 aromatic rings. The topological polar surface area (TPSA) is 43.4 Å². The van der Waals surface area contributed by atoms with Crippen LogP contribution in [0.2, 0.25) is 0 Å². The van der Waals surface area contributed by atoms with Crippen LogP contribution in [0.5, 0.6) is 0 Å². The minimum absolute atomic E-state index is 0. The van der Waals surface area contributed by atoms with Crippen molar-refractivity contribution < 1.29 is 39.5 Å². The van der Waals surface area contributed by atoms with Gasteiger partial charge in [0.05, 0.1) is 0 Å². The van der Waals surface area contributed by atoms with E-state index < -0.39 is 5.97 Å². The summed E-state index contributed by atoms with van der Waals surface area (Å²) < 4.78 is 0. The van der Waals surface area contributed by atoms with E-state index in [1.807, 2.05) is 0 Å². The van der Waals surface area contributed by atoms with E-state index in [0.717, 1.165) is 26.1 Å². The van der Waals surface area contributed by atoms with Crippen LogP contribution in [0.25, 0.3) is 0 Å². The minimum atomic E-state index is -0.903. The molecule has 0 aromatic carbocycles. The van der Waals surface area contributed by atoms with Gasteiger partial charge in [0.1, 0.15) is 0 Å². The second kappa shape index (κ2) is 31.5. The quantitative estimate of drug-likeness (QED) is 0.108. The Labute approximate surface area is 236 Å². The van der Waals surface area contributed by atoms with E-state index in [0.29, 0.717) is 0 Å². The Balaban J connectivity index is 0. The predicted octanol–water partition coefficient (Wildman–Crippen LogP) is 5.44. The van der Waals surface area contributed by atoms with Crippen molar-refractivity contribution in [3.05, 3.63) is 0 Å². The number of hydrogen-bond donors (Lipinski definition) is 0. The van der Waals surface area contributed by atoms with Gasteiger partial charge in [-0.2, -0.15) is 0 Å². The summed E-state index contributed by atoms with van der Waals surface area (Å²) in [5, 5.41) is 10.8. The molecule has 0 spiro atoms. The summed E-state index contributed by atoms with van der Waals surface area (Å²) in [5.41, 5.74) is 0. The van der Waals surface area contributed by atoms with E-state index >= 15 is 0 Å². The van der Waals surface area contributed by atoms with Gasteiger partial charge in [0.25, 0.3) is 0 Å². The molecule has 3 nitrogen and oxygen atoms in total. The largest absolute Gasteiger partial charge is 1.00 e. The van der Waals surface area contributed by atoms with Gasteiger partial charge in [0.2, 0.25) is 0 Å². The molecule has 4 heteroatoms. The number of hydrogen-bond acceptors (Lipinski definition) is 3. The number of unbranched alkanes of at least 4 members (excludes halogenated alkanes) is 20. The SMILES string of the molecule is CCCCCCCCCCCCCN(CCCCCCCCCCCCC)CCCC(=O)[O-].[Na+]. The summed E-state index contributed by atoms with van der Waals surface area (Å²) in [4.78, 5) is 13.3. The molecular formula is C30H60NNaO2. The Morgan fingerprint density at radius 2 is 0.735 bits per heavy atom. The van der Waals surface area contributed by atoms with Gasteiger partial charge >= 0.3 is 29.6 Å². The summed E-state index contributed by atoms with van der Waals surface area (Å²) in [5.74, 6) is -0.903. The molecule has 0 atom stereocenters. The molecule has 0 rings (SSSR count). The zero-order valence-corrected chi connectivity index (χ0v) is 25.9. The van der Waals surface area contributed by atoms with Crippen LogP contribution in [0.15, 0.2) is 0 Å². The molecule has 0 fully saturated rings. The van der Waals surface area contributed by atoms with Crippen LogP contribution < -0.4 is 34.7 Å². The first-order chi connectivity index (χ1) is 16.2. The van der Waals surface area contributed by atoms with E-state index in [9.17, 15) is 9.90 Å². The fourth-order valence-electron chi connectivity index (χ4n) is 4.78. The molecule has 34 heavy (non-hydrogen) atoms. The molecule has 0 aliphatic heterocycles.